The van der Waals surface area contributed by atoms with Gasteiger partial charge in [0.05, 0.1) is 6.42 Å². The lowest BCUT2D eigenvalue weighted by Gasteiger charge is -2.64. The summed E-state index contributed by atoms with van der Waals surface area (Å²) in [5, 5.41) is 0. The summed E-state index contributed by atoms with van der Waals surface area (Å²) in [4.78, 5) is 61.1. The molecule has 0 aliphatic heterocycles. The van der Waals surface area contributed by atoms with Gasteiger partial charge < -0.3 is 23.7 Å². The minimum atomic E-state index is -3.13. The topological polar surface area (TPSA) is 132 Å². The predicted octanol–water partition coefficient (Wildman–Crippen LogP) is 6.21. The molecular weight excluding hydrogens is 630 g/mol. The lowest BCUT2D eigenvalue weighted by atomic mass is 9.43. The van der Waals surface area contributed by atoms with Crippen molar-refractivity contribution >= 4 is 29.8 Å². The molecule has 0 radical (unpaired) electrons. The van der Waals surface area contributed by atoms with E-state index in [1.54, 1.807) is 0 Å². The molecule has 4 aliphatic rings. The average molecular weight is 685 g/mol. The third kappa shape index (κ3) is 8.49. The molecule has 12 heteroatoms. The summed E-state index contributed by atoms with van der Waals surface area (Å²) in [5.74, 6) is -4.72. The fourth-order valence-corrected chi connectivity index (χ4v) is 10.3. The molecule has 0 N–H and O–H groups in total. The number of esters is 5. The van der Waals surface area contributed by atoms with Gasteiger partial charge in [-0.25, -0.2) is 8.78 Å². The maximum atomic E-state index is 12.9. The Morgan fingerprint density at radius 1 is 0.812 bits per heavy atom. The van der Waals surface area contributed by atoms with E-state index in [1.165, 1.54) is 20.8 Å². The Balaban J connectivity index is 1.49. The van der Waals surface area contributed by atoms with Crippen molar-refractivity contribution in [1.82, 2.24) is 0 Å². The number of rotatable bonds is 12. The van der Waals surface area contributed by atoms with Crippen molar-refractivity contribution in [1.29, 1.82) is 0 Å². The fraction of sp³-hybridized carbons (Fsp3) is 0.861. The molecule has 4 saturated carbocycles. The Morgan fingerprint density at radius 3 is 2.08 bits per heavy atom. The SMILES string of the molecule is CC(=O)OC1CC[C@@]2(C)[C@@H](C1)CC(OC(C)=O)[C@@H]1[C@@H]2CC(OC(C)=O)[C@]2(C)[C@@H]([C@H](C)CCC(=O)OCCC(=O)OCC(C)(F)F)CC[C@@H]12. The number of carbonyl (C=O) groups is 5. The van der Waals surface area contributed by atoms with Crippen LogP contribution >= 0.6 is 0 Å². The van der Waals surface area contributed by atoms with E-state index < -0.39 is 29.9 Å². The van der Waals surface area contributed by atoms with Gasteiger partial charge in [0.2, 0.25) is 0 Å². The number of hydrogen-bond donors (Lipinski definition) is 0. The van der Waals surface area contributed by atoms with Gasteiger partial charge in [-0.15, -0.1) is 0 Å². The van der Waals surface area contributed by atoms with E-state index in [2.05, 4.69) is 25.5 Å². The zero-order valence-electron chi connectivity index (χ0n) is 29.5. The quantitative estimate of drug-likeness (QED) is 0.173. The Morgan fingerprint density at radius 2 is 1.46 bits per heavy atom. The molecule has 11 atom stereocenters. The zero-order chi connectivity index (χ0) is 35.6. The number of hydrogen-bond acceptors (Lipinski definition) is 10. The van der Waals surface area contributed by atoms with Gasteiger partial charge in [0.25, 0.3) is 5.92 Å². The molecule has 4 rings (SSSR count). The Bertz CT molecular complexity index is 1220. The molecule has 48 heavy (non-hydrogen) atoms. The molecule has 4 aliphatic carbocycles. The third-order valence-electron chi connectivity index (χ3n) is 12.3. The van der Waals surface area contributed by atoms with E-state index in [9.17, 15) is 32.8 Å². The normalized spacial score (nSPS) is 36.4. The molecule has 0 aromatic rings. The second kappa shape index (κ2) is 15.0. The summed E-state index contributed by atoms with van der Waals surface area (Å²) in [6, 6.07) is 0. The van der Waals surface area contributed by atoms with Gasteiger partial charge in [-0.1, -0.05) is 20.8 Å². The number of alkyl halides is 2. The third-order valence-corrected chi connectivity index (χ3v) is 12.3. The van der Waals surface area contributed by atoms with Gasteiger partial charge in [0.1, 0.15) is 24.9 Å². The van der Waals surface area contributed by atoms with Crippen LogP contribution in [0, 0.1) is 46.3 Å². The van der Waals surface area contributed by atoms with E-state index in [-0.39, 0.29) is 96.6 Å². The first kappa shape index (κ1) is 38.0. The minimum absolute atomic E-state index is 0.0668. The van der Waals surface area contributed by atoms with Crippen molar-refractivity contribution in [3.8, 4) is 0 Å². The first-order valence-electron chi connectivity index (χ1n) is 17.6. The molecule has 10 nitrogen and oxygen atoms in total. The summed E-state index contributed by atoms with van der Waals surface area (Å²) in [5.41, 5.74) is -0.521. The average Bonchev–Trinajstić information content (AvgIpc) is 3.33. The first-order chi connectivity index (χ1) is 22.3. The Kier molecular flexibility index (Phi) is 11.9. The molecule has 0 aromatic carbocycles. The number of ether oxygens (including phenoxy) is 5. The molecule has 0 saturated heterocycles. The van der Waals surface area contributed by atoms with Crippen molar-refractivity contribution in [2.75, 3.05) is 13.2 Å². The van der Waals surface area contributed by atoms with Crippen LogP contribution in [0.5, 0.6) is 0 Å². The Hall–Kier alpha value is -2.79. The number of carbonyl (C=O) groups excluding carboxylic acids is 5. The highest BCUT2D eigenvalue weighted by Crippen LogP contribution is 2.69. The van der Waals surface area contributed by atoms with Gasteiger partial charge in [0, 0.05) is 45.4 Å². The monoisotopic (exact) mass is 684 g/mol. The molecular formula is C36H54F2O10. The zero-order valence-corrected chi connectivity index (χ0v) is 29.5. The highest BCUT2D eigenvalue weighted by atomic mass is 19.3. The molecule has 0 amide bonds. The standard InChI is InChI=1S/C36H54F2O10/c1-20(8-11-31(42)44-15-13-32(43)45-19-35(6,37)38)26-9-10-27-33-28(18-30(36(26,27)7)48-23(4)41)34(5)14-12-25(46-21(2)39)16-24(34)17-29(33)47-22(3)40/h20,24-30,33H,8-19H2,1-7H3/t20-,24+,25?,26-,27+,28+,29?,30?,33+,34+,36-/m1/s1. The van der Waals surface area contributed by atoms with Crippen LogP contribution in [0.25, 0.3) is 0 Å². The molecule has 3 unspecified atom stereocenters. The van der Waals surface area contributed by atoms with Crippen LogP contribution < -0.4 is 0 Å². The summed E-state index contributed by atoms with van der Waals surface area (Å²) in [7, 11) is 0. The fourth-order valence-electron chi connectivity index (χ4n) is 10.3. The van der Waals surface area contributed by atoms with Crippen LogP contribution in [0.15, 0.2) is 0 Å². The van der Waals surface area contributed by atoms with Gasteiger partial charge in [-0.2, -0.15) is 0 Å². The lowest BCUT2D eigenvalue weighted by Crippen LogP contribution is -2.63. The molecule has 0 heterocycles. The van der Waals surface area contributed by atoms with E-state index in [4.69, 9.17) is 18.9 Å². The second-order valence-electron chi connectivity index (χ2n) is 15.5. The highest BCUT2D eigenvalue weighted by molar-refractivity contribution is 5.72. The summed E-state index contributed by atoms with van der Waals surface area (Å²) in [6.07, 6.45) is 4.93. The molecule has 0 aromatic heterocycles. The molecule has 272 valence electrons. The van der Waals surface area contributed by atoms with Crippen LogP contribution in [-0.4, -0.2) is 67.3 Å². The number of halogens is 2. The van der Waals surface area contributed by atoms with Gasteiger partial charge in [-0.05, 0) is 86.4 Å². The van der Waals surface area contributed by atoms with Gasteiger partial charge in [0.15, 0.2) is 6.61 Å². The van der Waals surface area contributed by atoms with Crippen LogP contribution in [-0.2, 0) is 47.7 Å². The molecule has 4 fully saturated rings. The summed E-state index contributed by atoms with van der Waals surface area (Å²) >= 11 is 0. The maximum absolute atomic E-state index is 12.9. The predicted molar refractivity (Wildman–Crippen MR) is 168 cm³/mol. The smallest absolute Gasteiger partial charge is 0.309 e. The van der Waals surface area contributed by atoms with Crippen LogP contribution in [0.2, 0.25) is 0 Å². The minimum Gasteiger partial charge on any atom is -0.465 e. The summed E-state index contributed by atoms with van der Waals surface area (Å²) in [6.45, 7) is 10.3. The van der Waals surface area contributed by atoms with Crippen LogP contribution in [0.3, 0.4) is 0 Å². The van der Waals surface area contributed by atoms with E-state index >= 15 is 0 Å². The van der Waals surface area contributed by atoms with Crippen LogP contribution in [0.4, 0.5) is 8.78 Å². The van der Waals surface area contributed by atoms with Crippen LogP contribution in [0.1, 0.15) is 113 Å². The first-order valence-corrected chi connectivity index (χ1v) is 17.6. The second-order valence-corrected chi connectivity index (χ2v) is 15.5. The lowest BCUT2D eigenvalue weighted by molar-refractivity contribution is -0.224. The molecule has 0 spiro atoms. The van der Waals surface area contributed by atoms with Crippen molar-refractivity contribution in [3.05, 3.63) is 0 Å². The van der Waals surface area contributed by atoms with E-state index in [1.807, 2.05) is 0 Å². The summed E-state index contributed by atoms with van der Waals surface area (Å²) < 4.78 is 53.5. The van der Waals surface area contributed by atoms with Gasteiger partial charge in [-0.3, -0.25) is 24.0 Å². The van der Waals surface area contributed by atoms with E-state index in [0.717, 1.165) is 25.7 Å². The van der Waals surface area contributed by atoms with Crippen molar-refractivity contribution in [3.63, 3.8) is 0 Å². The number of fused-ring (bicyclic) bond motifs is 5. The molecule has 0 bridgehead atoms. The largest absolute Gasteiger partial charge is 0.465 e. The Labute approximate surface area is 282 Å². The highest BCUT2D eigenvalue weighted by Gasteiger charge is 2.67. The van der Waals surface area contributed by atoms with Crippen molar-refractivity contribution in [2.45, 2.75) is 137 Å². The van der Waals surface area contributed by atoms with Gasteiger partial charge >= 0.3 is 29.8 Å². The van der Waals surface area contributed by atoms with Crippen molar-refractivity contribution < 1.29 is 56.4 Å². The maximum Gasteiger partial charge on any atom is 0.309 e. The van der Waals surface area contributed by atoms with E-state index in [0.29, 0.717) is 32.6 Å². The van der Waals surface area contributed by atoms with Crippen molar-refractivity contribution in [2.24, 2.45) is 46.3 Å².